The van der Waals surface area contributed by atoms with Crippen molar-refractivity contribution in [1.82, 2.24) is 0 Å². The van der Waals surface area contributed by atoms with Crippen molar-refractivity contribution in [3.63, 3.8) is 0 Å². The minimum atomic E-state index is 0. The standard InChI is InChI=1S/C10H16.C9H15N.ClH/c1-7-2-9-4-8(1)5-10(3-7)6-9;1-7-2-9-3-8(1)5-10(4-7)6-9;/h7-10H,1-6H2;7-9H,1-6H2;1H. The second-order valence-electron chi connectivity index (χ2n) is 9.55. The first kappa shape index (κ1) is 14.8. The summed E-state index contributed by atoms with van der Waals surface area (Å²) < 4.78 is 0. The molecule has 0 radical (unpaired) electrons. The van der Waals surface area contributed by atoms with Gasteiger partial charge >= 0.3 is 0 Å². The second kappa shape index (κ2) is 5.71. The number of nitrogens with one attached hydrogen (secondary N) is 1. The van der Waals surface area contributed by atoms with Crippen LogP contribution >= 0.6 is 0 Å². The van der Waals surface area contributed by atoms with E-state index in [0.717, 1.165) is 17.8 Å². The molecule has 0 atom stereocenters. The molecule has 8 aliphatic rings. The quantitative estimate of drug-likeness (QED) is 0.630. The summed E-state index contributed by atoms with van der Waals surface area (Å²) in [5.74, 6) is 8.13. The Morgan fingerprint density at radius 2 is 0.619 bits per heavy atom. The highest BCUT2D eigenvalue weighted by Crippen LogP contribution is 2.53. The van der Waals surface area contributed by atoms with Crippen molar-refractivity contribution in [2.75, 3.05) is 19.6 Å². The van der Waals surface area contributed by atoms with Crippen LogP contribution in [0.4, 0.5) is 0 Å². The number of hydrogen-bond donors (Lipinski definition) is 1. The third-order valence-corrected chi connectivity index (χ3v) is 7.73. The van der Waals surface area contributed by atoms with E-state index in [1.807, 2.05) is 4.90 Å². The molecule has 0 unspecified atom stereocenters. The lowest BCUT2D eigenvalue weighted by Gasteiger charge is -2.49. The van der Waals surface area contributed by atoms with Gasteiger partial charge in [0.05, 0.1) is 19.6 Å². The summed E-state index contributed by atoms with van der Waals surface area (Å²) in [5, 5.41) is 0. The lowest BCUT2D eigenvalue weighted by Crippen LogP contribution is -3.17. The van der Waals surface area contributed by atoms with E-state index in [2.05, 4.69) is 0 Å². The van der Waals surface area contributed by atoms with Crippen LogP contribution in [0.3, 0.4) is 0 Å². The second-order valence-corrected chi connectivity index (χ2v) is 9.55. The molecule has 8 bridgehead atoms. The van der Waals surface area contributed by atoms with E-state index >= 15 is 0 Å². The topological polar surface area (TPSA) is 4.44 Å². The molecule has 5 aliphatic carbocycles. The van der Waals surface area contributed by atoms with Crippen molar-refractivity contribution in [2.45, 2.75) is 57.8 Å². The zero-order valence-corrected chi connectivity index (χ0v) is 14.2. The van der Waals surface area contributed by atoms with Crippen molar-refractivity contribution in [1.29, 1.82) is 0 Å². The van der Waals surface area contributed by atoms with Crippen molar-refractivity contribution in [3.05, 3.63) is 0 Å². The van der Waals surface area contributed by atoms with Gasteiger partial charge in [-0.25, -0.2) is 0 Å². The minimum Gasteiger partial charge on any atom is -1.00 e. The summed E-state index contributed by atoms with van der Waals surface area (Å²) in [6, 6.07) is 0. The maximum Gasteiger partial charge on any atom is 0.0799 e. The maximum atomic E-state index is 1.93. The molecule has 8 rings (SSSR count). The first-order valence-corrected chi connectivity index (χ1v) is 9.63. The first-order valence-electron chi connectivity index (χ1n) is 9.63. The SMILES string of the molecule is C1C2CC3CC1CC(C2)C3.C1C2CC3CC1C[NH+](C2)C3.[Cl-]. The molecule has 3 saturated heterocycles. The van der Waals surface area contributed by atoms with Crippen LogP contribution in [0.2, 0.25) is 0 Å². The zero-order valence-electron chi connectivity index (χ0n) is 13.4. The van der Waals surface area contributed by atoms with Crippen molar-refractivity contribution >= 4 is 0 Å². The molecule has 1 nitrogen and oxygen atoms in total. The molecule has 21 heavy (non-hydrogen) atoms. The smallest absolute Gasteiger partial charge is 0.0799 e. The minimum absolute atomic E-state index is 0. The van der Waals surface area contributed by atoms with E-state index in [1.165, 1.54) is 43.3 Å². The maximum absolute atomic E-state index is 1.93. The van der Waals surface area contributed by atoms with Crippen LogP contribution in [0.25, 0.3) is 0 Å². The third kappa shape index (κ3) is 2.90. The molecule has 1 N–H and O–H groups in total. The molecule has 120 valence electrons. The molecule has 3 heterocycles. The summed E-state index contributed by atoms with van der Waals surface area (Å²) in [6.45, 7) is 4.56. The number of hydrogen-bond acceptors (Lipinski definition) is 0. The van der Waals surface area contributed by atoms with Gasteiger partial charge in [-0.15, -0.1) is 0 Å². The van der Waals surface area contributed by atoms with Crippen molar-refractivity contribution in [3.8, 4) is 0 Å². The molecule has 5 saturated carbocycles. The Hall–Kier alpha value is 0.250. The van der Waals surface area contributed by atoms with Crippen LogP contribution in [0.15, 0.2) is 0 Å². The summed E-state index contributed by atoms with van der Waals surface area (Å²) >= 11 is 0. The predicted octanol–water partition coefficient (Wildman–Crippen LogP) is -0.232. The summed E-state index contributed by atoms with van der Waals surface area (Å²) in [6.07, 6.45) is 14.4. The first-order chi connectivity index (χ1) is 9.80. The van der Waals surface area contributed by atoms with Gasteiger partial charge in [0.25, 0.3) is 0 Å². The Morgan fingerprint density at radius 3 is 0.857 bits per heavy atom. The van der Waals surface area contributed by atoms with Crippen LogP contribution in [0.5, 0.6) is 0 Å². The van der Waals surface area contributed by atoms with E-state index in [0.29, 0.717) is 0 Å². The average molecular weight is 310 g/mol. The lowest BCUT2D eigenvalue weighted by atomic mass is 9.56. The van der Waals surface area contributed by atoms with Gasteiger partial charge in [0.2, 0.25) is 0 Å². The van der Waals surface area contributed by atoms with E-state index in [9.17, 15) is 0 Å². The molecule has 0 aromatic heterocycles. The van der Waals surface area contributed by atoms with E-state index in [1.54, 1.807) is 57.8 Å². The highest BCUT2D eigenvalue weighted by molar-refractivity contribution is 4.93. The number of piperidine rings is 3. The fourth-order valence-corrected chi connectivity index (χ4v) is 7.66. The predicted molar refractivity (Wildman–Crippen MR) is 81.5 cm³/mol. The van der Waals surface area contributed by atoms with Crippen LogP contribution in [-0.4, -0.2) is 19.6 Å². The number of halogens is 1. The fourth-order valence-electron chi connectivity index (χ4n) is 7.66. The van der Waals surface area contributed by atoms with Gasteiger partial charge in [0.1, 0.15) is 0 Å². The molecule has 3 aliphatic heterocycles. The average Bonchev–Trinajstić information content (AvgIpc) is 2.35. The zero-order chi connectivity index (χ0) is 13.1. The Labute approximate surface area is 136 Å². The Balaban J connectivity index is 0.000000105. The molecule has 0 spiro atoms. The highest BCUT2D eigenvalue weighted by atomic mass is 35.5. The van der Waals surface area contributed by atoms with Crippen LogP contribution in [0.1, 0.15) is 57.8 Å². The van der Waals surface area contributed by atoms with Crippen molar-refractivity contribution < 1.29 is 17.3 Å². The molecule has 0 aromatic carbocycles. The van der Waals surface area contributed by atoms with Crippen LogP contribution < -0.4 is 17.3 Å². The molecule has 8 fully saturated rings. The normalized spacial score (nSPS) is 54.9. The third-order valence-electron chi connectivity index (χ3n) is 7.73. The van der Waals surface area contributed by atoms with Gasteiger partial charge in [0.15, 0.2) is 0 Å². The fraction of sp³-hybridized carbons (Fsp3) is 1.00. The van der Waals surface area contributed by atoms with Gasteiger partial charge in [0, 0.05) is 17.8 Å². The van der Waals surface area contributed by atoms with Crippen molar-refractivity contribution in [2.24, 2.45) is 41.4 Å². The Morgan fingerprint density at radius 1 is 0.381 bits per heavy atom. The van der Waals surface area contributed by atoms with E-state index < -0.39 is 0 Å². The highest BCUT2D eigenvalue weighted by Gasteiger charge is 2.44. The Kier molecular flexibility index (Phi) is 4.03. The summed E-state index contributed by atoms with van der Waals surface area (Å²) in [5.41, 5.74) is 0. The van der Waals surface area contributed by atoms with Gasteiger partial charge < -0.3 is 17.3 Å². The van der Waals surface area contributed by atoms with Crippen LogP contribution in [-0.2, 0) is 0 Å². The van der Waals surface area contributed by atoms with E-state index in [4.69, 9.17) is 0 Å². The molecular formula is C19H32ClN. The van der Waals surface area contributed by atoms with Gasteiger partial charge in [-0.3, -0.25) is 0 Å². The van der Waals surface area contributed by atoms with Gasteiger partial charge in [-0.1, -0.05) is 0 Å². The summed E-state index contributed by atoms with van der Waals surface area (Å²) in [4.78, 5) is 1.93. The monoisotopic (exact) mass is 309 g/mol. The van der Waals surface area contributed by atoms with E-state index in [-0.39, 0.29) is 12.4 Å². The number of rotatable bonds is 0. The van der Waals surface area contributed by atoms with Gasteiger partial charge in [-0.05, 0) is 81.5 Å². The lowest BCUT2D eigenvalue weighted by molar-refractivity contribution is -0.929. The van der Waals surface area contributed by atoms with Gasteiger partial charge in [-0.2, -0.15) is 0 Å². The number of quaternary nitrogens is 1. The summed E-state index contributed by atoms with van der Waals surface area (Å²) in [7, 11) is 0. The molecule has 0 aromatic rings. The molecule has 0 amide bonds. The Bertz CT molecular complexity index is 231. The van der Waals surface area contributed by atoms with Crippen LogP contribution in [0, 0.1) is 41.4 Å². The molecule has 2 heteroatoms. The molecular weight excluding hydrogens is 278 g/mol. The largest absolute Gasteiger partial charge is 1.00 e.